The maximum atomic E-state index is 11.6. The highest BCUT2D eigenvalue weighted by molar-refractivity contribution is 7.90. The third kappa shape index (κ3) is 4.22. The van der Waals surface area contributed by atoms with Crippen molar-refractivity contribution in [3.63, 3.8) is 0 Å². The minimum atomic E-state index is -3.17. The number of sulfone groups is 1. The van der Waals surface area contributed by atoms with Crippen LogP contribution in [0.4, 0.5) is 0 Å². The van der Waals surface area contributed by atoms with Crippen molar-refractivity contribution in [1.82, 2.24) is 4.90 Å². The van der Waals surface area contributed by atoms with Crippen molar-refractivity contribution in [2.45, 2.75) is 38.1 Å². The molecule has 5 nitrogen and oxygen atoms in total. The SMILES string of the molecule is Cc1cc(CN=C(N)N2CCC(C)CC2)ccc1S(C)(=O)=O. The molecule has 0 amide bonds. The number of aliphatic imine (C=N–C) groups is 1. The number of likely N-dealkylation sites (tertiary alicyclic amines) is 1. The first-order valence-electron chi connectivity index (χ1n) is 7.62. The van der Waals surface area contributed by atoms with E-state index in [0.29, 0.717) is 17.4 Å². The molecule has 1 fully saturated rings. The van der Waals surface area contributed by atoms with Crippen LogP contribution in [0.3, 0.4) is 0 Å². The van der Waals surface area contributed by atoms with E-state index in [1.54, 1.807) is 19.1 Å². The molecule has 22 heavy (non-hydrogen) atoms. The molecule has 2 N–H and O–H groups in total. The summed E-state index contributed by atoms with van der Waals surface area (Å²) in [6, 6.07) is 5.32. The van der Waals surface area contributed by atoms with Crippen LogP contribution in [0, 0.1) is 12.8 Å². The van der Waals surface area contributed by atoms with E-state index in [-0.39, 0.29) is 0 Å². The maximum Gasteiger partial charge on any atom is 0.191 e. The van der Waals surface area contributed by atoms with Crippen LogP contribution in [-0.4, -0.2) is 38.6 Å². The molecule has 0 unspecified atom stereocenters. The van der Waals surface area contributed by atoms with E-state index in [9.17, 15) is 8.42 Å². The third-order valence-electron chi connectivity index (χ3n) is 4.17. The van der Waals surface area contributed by atoms with Gasteiger partial charge in [0.25, 0.3) is 0 Å². The Morgan fingerprint density at radius 3 is 2.55 bits per heavy atom. The lowest BCUT2D eigenvalue weighted by atomic mass is 10.00. The van der Waals surface area contributed by atoms with Crippen molar-refractivity contribution in [3.05, 3.63) is 29.3 Å². The molecule has 1 aromatic carbocycles. The van der Waals surface area contributed by atoms with Crippen molar-refractivity contribution in [2.24, 2.45) is 16.6 Å². The van der Waals surface area contributed by atoms with Crippen LogP contribution in [0.1, 0.15) is 30.9 Å². The van der Waals surface area contributed by atoms with E-state index in [2.05, 4.69) is 16.8 Å². The quantitative estimate of drug-likeness (QED) is 0.681. The van der Waals surface area contributed by atoms with E-state index in [4.69, 9.17) is 5.73 Å². The summed E-state index contributed by atoms with van der Waals surface area (Å²) in [7, 11) is -3.17. The van der Waals surface area contributed by atoms with Gasteiger partial charge < -0.3 is 10.6 Å². The molecule has 2 rings (SSSR count). The van der Waals surface area contributed by atoms with Crippen LogP contribution < -0.4 is 5.73 Å². The fourth-order valence-corrected chi connectivity index (χ4v) is 3.69. The second-order valence-electron chi connectivity index (χ2n) is 6.22. The Labute approximate surface area is 133 Å². The standard InChI is InChI=1S/C16H25N3O2S/c1-12-6-8-19(9-7-12)16(17)18-11-14-4-5-15(13(2)10-14)22(3,20)21/h4-5,10,12H,6-9,11H2,1-3H3,(H2,17,18). The first-order valence-corrected chi connectivity index (χ1v) is 9.51. The Balaban J connectivity index is 2.05. The highest BCUT2D eigenvalue weighted by Crippen LogP contribution is 2.18. The van der Waals surface area contributed by atoms with Crippen LogP contribution in [0.25, 0.3) is 0 Å². The zero-order valence-corrected chi connectivity index (χ0v) is 14.4. The molecule has 0 bridgehead atoms. The number of guanidine groups is 1. The summed E-state index contributed by atoms with van der Waals surface area (Å²) in [6.45, 7) is 6.46. The summed E-state index contributed by atoms with van der Waals surface area (Å²) in [5.41, 5.74) is 7.78. The molecule has 0 aliphatic carbocycles. The Bertz CT molecular complexity index is 660. The number of nitrogens with two attached hydrogens (primary N) is 1. The number of hydrogen-bond acceptors (Lipinski definition) is 3. The normalized spacial score (nSPS) is 17.8. The lowest BCUT2D eigenvalue weighted by molar-refractivity contribution is 0.277. The number of benzene rings is 1. The lowest BCUT2D eigenvalue weighted by Crippen LogP contribution is -2.42. The van der Waals surface area contributed by atoms with Crippen LogP contribution in [-0.2, 0) is 16.4 Å². The summed E-state index contributed by atoms with van der Waals surface area (Å²) in [4.78, 5) is 6.94. The van der Waals surface area contributed by atoms with E-state index < -0.39 is 9.84 Å². The van der Waals surface area contributed by atoms with Crippen molar-refractivity contribution in [2.75, 3.05) is 19.3 Å². The molecule has 1 heterocycles. The number of piperidine rings is 1. The van der Waals surface area contributed by atoms with Gasteiger partial charge in [0, 0.05) is 19.3 Å². The summed E-state index contributed by atoms with van der Waals surface area (Å²) < 4.78 is 23.2. The highest BCUT2D eigenvalue weighted by atomic mass is 32.2. The van der Waals surface area contributed by atoms with Crippen LogP contribution >= 0.6 is 0 Å². The predicted octanol–water partition coefficient (Wildman–Crippen LogP) is 1.95. The molecule has 0 aromatic heterocycles. The number of aryl methyl sites for hydroxylation is 1. The van der Waals surface area contributed by atoms with Crippen molar-refractivity contribution in [1.29, 1.82) is 0 Å². The average Bonchev–Trinajstić information content (AvgIpc) is 2.44. The van der Waals surface area contributed by atoms with Gasteiger partial charge in [-0.25, -0.2) is 13.4 Å². The zero-order chi connectivity index (χ0) is 16.3. The van der Waals surface area contributed by atoms with Gasteiger partial charge >= 0.3 is 0 Å². The van der Waals surface area contributed by atoms with Gasteiger partial charge in [-0.2, -0.15) is 0 Å². The first-order chi connectivity index (χ1) is 10.3. The van der Waals surface area contributed by atoms with Gasteiger partial charge in [0.15, 0.2) is 15.8 Å². The van der Waals surface area contributed by atoms with Gasteiger partial charge in [-0.15, -0.1) is 0 Å². The fraction of sp³-hybridized carbons (Fsp3) is 0.562. The van der Waals surface area contributed by atoms with Gasteiger partial charge in [0.1, 0.15) is 0 Å². The topological polar surface area (TPSA) is 75.8 Å². The average molecular weight is 323 g/mol. The Morgan fingerprint density at radius 2 is 2.00 bits per heavy atom. The Hall–Kier alpha value is -1.56. The van der Waals surface area contributed by atoms with Gasteiger partial charge in [-0.3, -0.25) is 0 Å². The molecule has 1 aliphatic rings. The molecular weight excluding hydrogens is 298 g/mol. The second kappa shape index (κ2) is 6.69. The number of hydrogen-bond donors (Lipinski definition) is 1. The molecule has 1 aliphatic heterocycles. The van der Waals surface area contributed by atoms with Crippen molar-refractivity contribution >= 4 is 15.8 Å². The zero-order valence-electron chi connectivity index (χ0n) is 13.5. The van der Waals surface area contributed by atoms with Crippen LogP contribution in [0.15, 0.2) is 28.1 Å². The highest BCUT2D eigenvalue weighted by Gasteiger charge is 2.17. The molecule has 0 atom stereocenters. The predicted molar refractivity (Wildman–Crippen MR) is 89.6 cm³/mol. The minimum absolute atomic E-state index is 0.373. The number of nitrogens with zero attached hydrogens (tertiary/aromatic N) is 2. The van der Waals surface area contributed by atoms with Crippen LogP contribution in [0.5, 0.6) is 0 Å². The smallest absolute Gasteiger partial charge is 0.191 e. The molecule has 122 valence electrons. The Kier molecular flexibility index (Phi) is 5.11. The summed E-state index contributed by atoms with van der Waals surface area (Å²) >= 11 is 0. The summed E-state index contributed by atoms with van der Waals surface area (Å²) in [6.07, 6.45) is 3.53. The third-order valence-corrected chi connectivity index (χ3v) is 5.43. The molecule has 1 aromatic rings. The molecule has 6 heteroatoms. The van der Waals surface area contributed by atoms with Crippen LogP contribution in [0.2, 0.25) is 0 Å². The molecule has 0 radical (unpaired) electrons. The molecular formula is C16H25N3O2S. The first kappa shape index (κ1) is 16.8. The lowest BCUT2D eigenvalue weighted by Gasteiger charge is -2.31. The molecule has 0 saturated carbocycles. The Morgan fingerprint density at radius 1 is 1.36 bits per heavy atom. The molecule has 1 saturated heterocycles. The van der Waals surface area contributed by atoms with Gasteiger partial charge in [0.2, 0.25) is 0 Å². The van der Waals surface area contributed by atoms with E-state index in [1.165, 1.54) is 6.26 Å². The van der Waals surface area contributed by atoms with Gasteiger partial charge in [0.05, 0.1) is 11.4 Å². The summed E-state index contributed by atoms with van der Waals surface area (Å²) in [5.74, 6) is 1.34. The summed E-state index contributed by atoms with van der Waals surface area (Å²) in [5, 5.41) is 0. The maximum absolute atomic E-state index is 11.6. The van der Waals surface area contributed by atoms with Crippen molar-refractivity contribution in [3.8, 4) is 0 Å². The largest absolute Gasteiger partial charge is 0.370 e. The van der Waals surface area contributed by atoms with Crippen molar-refractivity contribution < 1.29 is 8.42 Å². The van der Waals surface area contributed by atoms with Gasteiger partial charge in [-0.05, 0) is 42.9 Å². The minimum Gasteiger partial charge on any atom is -0.370 e. The number of rotatable bonds is 3. The van der Waals surface area contributed by atoms with E-state index in [1.807, 2.05) is 6.07 Å². The molecule has 0 spiro atoms. The van der Waals surface area contributed by atoms with E-state index in [0.717, 1.165) is 43.0 Å². The second-order valence-corrected chi connectivity index (χ2v) is 8.20. The fourth-order valence-electron chi connectivity index (χ4n) is 2.74. The monoisotopic (exact) mass is 323 g/mol. The van der Waals surface area contributed by atoms with E-state index >= 15 is 0 Å². The van der Waals surface area contributed by atoms with Gasteiger partial charge in [-0.1, -0.05) is 19.1 Å².